The second-order valence-electron chi connectivity index (χ2n) is 4.57. The Bertz CT molecular complexity index is 763. The van der Waals surface area contributed by atoms with E-state index in [0.29, 0.717) is 5.76 Å². The van der Waals surface area contributed by atoms with Gasteiger partial charge >= 0.3 is 11.6 Å². The highest BCUT2D eigenvalue weighted by atomic mass is 16.6. The van der Waals surface area contributed by atoms with E-state index in [4.69, 9.17) is 9.15 Å². The number of nitrogens with one attached hydrogen (secondary N) is 1. The van der Waals surface area contributed by atoms with Gasteiger partial charge in [0.25, 0.3) is 5.91 Å². The first-order valence-corrected chi connectivity index (χ1v) is 6.83. The number of nitrogens with zero attached hydrogens (tertiary/aromatic N) is 4. The van der Waals surface area contributed by atoms with E-state index in [1.165, 1.54) is 26.5 Å². The molecule has 0 unspecified atom stereocenters. The van der Waals surface area contributed by atoms with Crippen molar-refractivity contribution in [2.75, 3.05) is 7.11 Å². The summed E-state index contributed by atoms with van der Waals surface area (Å²) in [6.45, 7) is 1.53. The second kappa shape index (κ2) is 7.72. The summed E-state index contributed by atoms with van der Waals surface area (Å²) in [5.41, 5.74) is 2.00. The molecule has 0 radical (unpaired) electrons. The fourth-order valence-corrected chi connectivity index (χ4v) is 1.72. The molecule has 2 rings (SSSR count). The molecule has 126 valence electrons. The number of ether oxygens (including phenoxy) is 1. The average Bonchev–Trinajstić information content (AvgIpc) is 3.22. The van der Waals surface area contributed by atoms with Crippen LogP contribution in [0.25, 0.3) is 6.08 Å². The lowest BCUT2D eigenvalue weighted by atomic mass is 10.3. The Morgan fingerprint density at radius 3 is 3.00 bits per heavy atom. The van der Waals surface area contributed by atoms with Gasteiger partial charge in [-0.1, -0.05) is 0 Å². The predicted molar refractivity (Wildman–Crippen MR) is 84.5 cm³/mol. The summed E-state index contributed by atoms with van der Waals surface area (Å²) in [4.78, 5) is 22.2. The maximum atomic E-state index is 12.0. The van der Waals surface area contributed by atoms with Crippen LogP contribution >= 0.6 is 0 Å². The Labute approximate surface area is 136 Å². The zero-order chi connectivity index (χ0) is 17.5. The molecule has 0 spiro atoms. The number of furan rings is 1. The highest BCUT2D eigenvalue weighted by Gasteiger charge is 2.24. The van der Waals surface area contributed by atoms with Crippen LogP contribution in [0, 0.1) is 10.1 Å². The lowest BCUT2D eigenvalue weighted by Gasteiger charge is -2.08. The molecule has 0 aliphatic carbocycles. The van der Waals surface area contributed by atoms with Crippen LogP contribution in [-0.2, 0) is 4.79 Å². The summed E-state index contributed by atoms with van der Waals surface area (Å²) in [5, 5.41) is 18.5. The van der Waals surface area contributed by atoms with Gasteiger partial charge < -0.3 is 9.15 Å². The summed E-state index contributed by atoms with van der Waals surface area (Å²) in [6, 6.07) is 2.71. The molecule has 2 heterocycles. The largest absolute Gasteiger partial charge is 0.475 e. The lowest BCUT2D eigenvalue weighted by molar-refractivity contribution is -0.385. The van der Waals surface area contributed by atoms with Gasteiger partial charge in [-0.2, -0.15) is 5.10 Å². The van der Waals surface area contributed by atoms with Crippen LogP contribution in [0.3, 0.4) is 0 Å². The topological polar surface area (TPSA) is 125 Å². The van der Waals surface area contributed by atoms with Crippen molar-refractivity contribution in [1.82, 2.24) is 15.2 Å². The number of amides is 1. The van der Waals surface area contributed by atoms with Crippen molar-refractivity contribution >= 4 is 23.9 Å². The number of hydrogen-bond acceptors (Lipinski definition) is 7. The lowest BCUT2D eigenvalue weighted by Crippen LogP contribution is -2.27. The molecular formula is C14H15N5O5. The van der Waals surface area contributed by atoms with Crippen molar-refractivity contribution < 1.29 is 18.9 Å². The molecule has 24 heavy (non-hydrogen) atoms. The van der Waals surface area contributed by atoms with Crippen molar-refractivity contribution in [3.8, 4) is 5.88 Å². The second-order valence-corrected chi connectivity index (χ2v) is 4.57. The third kappa shape index (κ3) is 4.06. The van der Waals surface area contributed by atoms with E-state index in [2.05, 4.69) is 15.6 Å². The number of rotatable bonds is 7. The van der Waals surface area contributed by atoms with Crippen molar-refractivity contribution in [3.05, 3.63) is 46.5 Å². The molecule has 10 heteroatoms. The Morgan fingerprint density at radius 2 is 2.42 bits per heavy atom. The third-order valence-corrected chi connectivity index (χ3v) is 2.99. The predicted octanol–water partition coefficient (Wildman–Crippen LogP) is 1.77. The monoisotopic (exact) mass is 333 g/mol. The van der Waals surface area contributed by atoms with Gasteiger partial charge in [0.2, 0.25) is 0 Å². The third-order valence-electron chi connectivity index (χ3n) is 2.99. The minimum atomic E-state index is -0.807. The maximum absolute atomic E-state index is 12.0. The normalized spacial score (nSPS) is 12.6. The first-order chi connectivity index (χ1) is 11.5. The molecular weight excluding hydrogens is 318 g/mol. The smallest absolute Gasteiger partial charge is 0.350 e. The van der Waals surface area contributed by atoms with Crippen molar-refractivity contribution in [2.24, 2.45) is 5.10 Å². The number of carbonyl (C=O) groups is 1. The maximum Gasteiger partial charge on any atom is 0.350 e. The molecule has 0 bridgehead atoms. The SMILES string of the molecule is COc1nn([C@@H](C)C(=O)N/N=C\C=C\c2ccco2)cc1[N+](=O)[O-]. The van der Waals surface area contributed by atoms with E-state index < -0.39 is 16.9 Å². The quantitative estimate of drug-likeness (QED) is 0.467. The number of hydrazone groups is 1. The number of methoxy groups -OCH3 is 1. The first-order valence-electron chi connectivity index (χ1n) is 6.83. The van der Waals surface area contributed by atoms with Crippen LogP contribution in [0.1, 0.15) is 18.7 Å². The van der Waals surface area contributed by atoms with E-state index >= 15 is 0 Å². The summed E-state index contributed by atoms with van der Waals surface area (Å²) in [7, 11) is 1.26. The summed E-state index contributed by atoms with van der Waals surface area (Å²) in [6.07, 6.45) is 7.30. The minimum Gasteiger partial charge on any atom is -0.475 e. The fraction of sp³-hybridized carbons (Fsp3) is 0.214. The van der Waals surface area contributed by atoms with Crippen molar-refractivity contribution in [1.29, 1.82) is 0 Å². The molecule has 10 nitrogen and oxygen atoms in total. The molecule has 0 aromatic carbocycles. The van der Waals surface area contributed by atoms with Gasteiger partial charge in [-0.15, -0.1) is 5.10 Å². The van der Waals surface area contributed by atoms with E-state index in [9.17, 15) is 14.9 Å². The van der Waals surface area contributed by atoms with Gasteiger partial charge in [-0.25, -0.2) is 10.1 Å². The van der Waals surface area contributed by atoms with E-state index in [-0.39, 0.29) is 11.6 Å². The summed E-state index contributed by atoms with van der Waals surface area (Å²) < 4.78 is 11.0. The molecule has 1 atom stereocenters. The van der Waals surface area contributed by atoms with Gasteiger partial charge in [0.1, 0.15) is 18.0 Å². The van der Waals surface area contributed by atoms with Gasteiger partial charge in [0.15, 0.2) is 0 Å². The van der Waals surface area contributed by atoms with Crippen LogP contribution in [-0.4, -0.2) is 33.9 Å². The molecule has 2 aromatic rings. The molecule has 2 aromatic heterocycles. The Balaban J connectivity index is 1.95. The van der Waals surface area contributed by atoms with E-state index in [1.54, 1.807) is 24.3 Å². The molecule has 1 amide bonds. The van der Waals surface area contributed by atoms with Crippen LogP contribution in [0.5, 0.6) is 5.88 Å². The van der Waals surface area contributed by atoms with Crippen LogP contribution in [0.15, 0.2) is 40.2 Å². The minimum absolute atomic E-state index is 0.162. The van der Waals surface area contributed by atoms with Crippen molar-refractivity contribution in [3.63, 3.8) is 0 Å². The Morgan fingerprint density at radius 1 is 1.62 bits per heavy atom. The van der Waals surface area contributed by atoms with Crippen LogP contribution < -0.4 is 10.2 Å². The van der Waals surface area contributed by atoms with E-state index in [0.717, 1.165) is 10.9 Å². The van der Waals surface area contributed by atoms with Gasteiger partial charge in [-0.05, 0) is 31.2 Å². The average molecular weight is 333 g/mol. The number of hydrogen-bond donors (Lipinski definition) is 1. The van der Waals surface area contributed by atoms with Crippen LogP contribution in [0.2, 0.25) is 0 Å². The number of allylic oxidation sites excluding steroid dienone is 1. The van der Waals surface area contributed by atoms with Crippen molar-refractivity contribution in [2.45, 2.75) is 13.0 Å². The molecule has 0 saturated carbocycles. The summed E-state index contributed by atoms with van der Waals surface area (Å²) >= 11 is 0. The fourth-order valence-electron chi connectivity index (χ4n) is 1.72. The molecule has 0 saturated heterocycles. The van der Waals surface area contributed by atoms with Crippen LogP contribution in [0.4, 0.5) is 5.69 Å². The highest BCUT2D eigenvalue weighted by Crippen LogP contribution is 2.25. The van der Waals surface area contributed by atoms with Gasteiger partial charge in [-0.3, -0.25) is 14.9 Å². The first kappa shape index (κ1) is 16.9. The zero-order valence-electron chi connectivity index (χ0n) is 12.9. The van der Waals surface area contributed by atoms with Gasteiger partial charge in [0, 0.05) is 6.21 Å². The molecule has 1 N–H and O–H groups in total. The Hall–Kier alpha value is -3.43. The molecule has 0 aliphatic rings. The standard InChI is InChI=1S/C14H15N5O5/c1-10(18-9-12(19(21)22)14(17-18)23-2)13(20)16-15-7-3-5-11-6-4-8-24-11/h3-10H,1-2H3,(H,16,20)/b5-3+,15-7-/t10-/m0/s1. The number of carbonyl (C=O) groups excluding carboxylic acids is 1. The highest BCUT2D eigenvalue weighted by molar-refractivity contribution is 5.82. The number of aromatic nitrogens is 2. The zero-order valence-corrected chi connectivity index (χ0v) is 12.9. The Kier molecular flexibility index (Phi) is 5.45. The molecule has 0 fully saturated rings. The summed E-state index contributed by atoms with van der Waals surface area (Å²) in [5.74, 6) is -0.000627. The molecule has 0 aliphatic heterocycles. The van der Waals surface area contributed by atoms with Gasteiger partial charge in [0.05, 0.1) is 18.3 Å². The van der Waals surface area contributed by atoms with E-state index in [1.807, 2.05) is 0 Å². The number of nitro groups is 1.